The number of carbonyl (C=O) groups excluding carboxylic acids is 1. The summed E-state index contributed by atoms with van der Waals surface area (Å²) in [4.78, 5) is 42.6. The fourth-order valence-corrected chi connectivity index (χ4v) is 4.09. The third kappa shape index (κ3) is 4.16. The van der Waals surface area contributed by atoms with Gasteiger partial charge in [-0.25, -0.2) is 9.78 Å². The largest absolute Gasteiger partial charge is 0.506 e. The van der Waals surface area contributed by atoms with Gasteiger partial charge in [0.05, 0.1) is 29.2 Å². The predicted octanol–water partition coefficient (Wildman–Crippen LogP) is 3.12. The second-order valence-electron chi connectivity index (χ2n) is 7.73. The van der Waals surface area contributed by atoms with E-state index in [0.717, 1.165) is 16.8 Å². The van der Waals surface area contributed by atoms with Gasteiger partial charge in [0.1, 0.15) is 11.4 Å². The molecule has 0 aliphatic carbocycles. The van der Waals surface area contributed by atoms with E-state index < -0.39 is 35.4 Å². The van der Waals surface area contributed by atoms with E-state index in [4.69, 9.17) is 5.73 Å². The van der Waals surface area contributed by atoms with E-state index in [9.17, 15) is 32.7 Å². The van der Waals surface area contributed by atoms with Crippen LogP contribution in [0.3, 0.4) is 0 Å². The molecule has 2 aromatic heterocycles. The quantitative estimate of drug-likeness (QED) is 0.451. The fourth-order valence-electron chi connectivity index (χ4n) is 4.09. The van der Waals surface area contributed by atoms with Crippen LogP contribution in [0.4, 0.5) is 13.2 Å². The molecule has 0 spiro atoms. The summed E-state index contributed by atoms with van der Waals surface area (Å²) in [6, 6.07) is 10.4. The van der Waals surface area contributed by atoms with Gasteiger partial charge in [0.15, 0.2) is 0 Å². The molecule has 0 saturated heterocycles. The SMILES string of the molecule is CCn1c(=O)n(Cc2ccccc2C(F)(F)F)c(=O)c2c(-c3cc(O)cnc3C(N)=O)cccc21. The number of hydrogen-bond donors (Lipinski definition) is 2. The molecule has 4 rings (SSSR count). The number of halogens is 3. The molecule has 0 aliphatic heterocycles. The first-order valence-corrected chi connectivity index (χ1v) is 10.4. The van der Waals surface area contributed by atoms with Crippen LogP contribution in [0, 0.1) is 0 Å². The number of alkyl halides is 3. The van der Waals surface area contributed by atoms with Crippen LogP contribution in [0.25, 0.3) is 22.0 Å². The summed E-state index contributed by atoms with van der Waals surface area (Å²) in [5.74, 6) is -1.22. The zero-order chi connectivity index (χ0) is 25.5. The van der Waals surface area contributed by atoms with Gasteiger partial charge >= 0.3 is 11.9 Å². The minimum absolute atomic E-state index is 0.0339. The number of benzene rings is 2. The van der Waals surface area contributed by atoms with Crippen LogP contribution in [0.2, 0.25) is 0 Å². The Bertz CT molecular complexity index is 1590. The molecule has 0 saturated carbocycles. The maximum absolute atomic E-state index is 13.6. The van der Waals surface area contributed by atoms with Crippen LogP contribution in [-0.4, -0.2) is 25.1 Å². The maximum atomic E-state index is 13.6. The zero-order valence-corrected chi connectivity index (χ0v) is 18.3. The molecule has 2 aromatic carbocycles. The number of fused-ring (bicyclic) bond motifs is 1. The third-order valence-electron chi connectivity index (χ3n) is 5.62. The number of rotatable bonds is 5. The summed E-state index contributed by atoms with van der Waals surface area (Å²) in [7, 11) is 0. The summed E-state index contributed by atoms with van der Waals surface area (Å²) < 4.78 is 42.6. The number of nitrogens with zero attached hydrogens (tertiary/aromatic N) is 3. The molecule has 0 atom stereocenters. The van der Waals surface area contributed by atoms with Gasteiger partial charge in [-0.1, -0.05) is 30.3 Å². The molecule has 0 unspecified atom stereocenters. The molecule has 8 nitrogen and oxygen atoms in total. The van der Waals surface area contributed by atoms with Gasteiger partial charge in [0.2, 0.25) is 0 Å². The lowest BCUT2D eigenvalue weighted by atomic mass is 9.99. The van der Waals surface area contributed by atoms with E-state index in [2.05, 4.69) is 4.98 Å². The second kappa shape index (κ2) is 8.75. The van der Waals surface area contributed by atoms with Gasteiger partial charge in [-0.3, -0.25) is 18.7 Å². The summed E-state index contributed by atoms with van der Waals surface area (Å²) >= 11 is 0. The van der Waals surface area contributed by atoms with Crippen molar-refractivity contribution in [1.82, 2.24) is 14.1 Å². The van der Waals surface area contributed by atoms with Gasteiger partial charge in [0, 0.05) is 12.1 Å². The Hall–Kier alpha value is -4.41. The first-order chi connectivity index (χ1) is 16.5. The van der Waals surface area contributed by atoms with Crippen molar-refractivity contribution in [2.45, 2.75) is 26.2 Å². The minimum Gasteiger partial charge on any atom is -0.506 e. The average molecular weight is 484 g/mol. The van der Waals surface area contributed by atoms with Crippen molar-refractivity contribution in [2.24, 2.45) is 5.73 Å². The summed E-state index contributed by atoms with van der Waals surface area (Å²) in [5, 5.41) is 9.93. The molecule has 0 bridgehead atoms. The van der Waals surface area contributed by atoms with Gasteiger partial charge in [0.25, 0.3) is 11.5 Å². The highest BCUT2D eigenvalue weighted by Gasteiger charge is 2.33. The first kappa shape index (κ1) is 23.7. The molecule has 180 valence electrons. The molecule has 2 heterocycles. The predicted molar refractivity (Wildman–Crippen MR) is 122 cm³/mol. The summed E-state index contributed by atoms with van der Waals surface area (Å²) in [6.07, 6.45) is -3.67. The van der Waals surface area contributed by atoms with Crippen LogP contribution >= 0.6 is 0 Å². The molecule has 0 radical (unpaired) electrons. The standard InChI is InChI=1S/C24H19F3N4O4/c1-2-30-18-9-5-7-15(16-10-14(32)11-29-20(16)21(28)33)19(18)22(34)31(23(30)35)12-13-6-3-4-8-17(13)24(25,26)27/h3-11,32H,2,12H2,1H3,(H2,28,33). The number of nitrogens with two attached hydrogens (primary N) is 1. The van der Waals surface area contributed by atoms with Crippen molar-refractivity contribution in [3.05, 3.63) is 92.4 Å². The van der Waals surface area contributed by atoms with E-state index >= 15 is 0 Å². The Morgan fingerprint density at radius 1 is 1.06 bits per heavy atom. The molecule has 11 heteroatoms. The molecule has 0 fully saturated rings. The van der Waals surface area contributed by atoms with E-state index in [1.807, 2.05) is 0 Å². The lowest BCUT2D eigenvalue weighted by molar-refractivity contribution is -0.138. The number of hydrogen-bond acceptors (Lipinski definition) is 5. The van der Waals surface area contributed by atoms with Crippen molar-refractivity contribution in [1.29, 1.82) is 0 Å². The van der Waals surface area contributed by atoms with Crippen molar-refractivity contribution < 1.29 is 23.1 Å². The Morgan fingerprint density at radius 3 is 2.43 bits per heavy atom. The molecule has 0 aliphatic rings. The highest BCUT2D eigenvalue weighted by atomic mass is 19.4. The molecular formula is C24H19F3N4O4. The molecule has 35 heavy (non-hydrogen) atoms. The number of carbonyl (C=O) groups is 1. The summed E-state index contributed by atoms with van der Waals surface area (Å²) in [6.45, 7) is 1.14. The number of primary amides is 1. The van der Waals surface area contributed by atoms with Crippen molar-refractivity contribution >= 4 is 16.8 Å². The number of aryl methyl sites for hydroxylation is 1. The molecular weight excluding hydrogens is 465 g/mol. The number of amides is 1. The smallest absolute Gasteiger partial charge is 0.416 e. The lowest BCUT2D eigenvalue weighted by Gasteiger charge is -2.17. The van der Waals surface area contributed by atoms with Gasteiger partial charge in [-0.2, -0.15) is 13.2 Å². The van der Waals surface area contributed by atoms with E-state index in [-0.39, 0.29) is 45.6 Å². The van der Waals surface area contributed by atoms with E-state index in [0.29, 0.717) is 0 Å². The van der Waals surface area contributed by atoms with Gasteiger partial charge < -0.3 is 10.8 Å². The summed E-state index contributed by atoms with van der Waals surface area (Å²) in [5.41, 5.74) is 2.73. The second-order valence-corrected chi connectivity index (χ2v) is 7.73. The first-order valence-electron chi connectivity index (χ1n) is 10.4. The van der Waals surface area contributed by atoms with Gasteiger partial charge in [-0.05, 0) is 36.2 Å². The zero-order valence-electron chi connectivity index (χ0n) is 18.3. The van der Waals surface area contributed by atoms with Crippen molar-refractivity contribution in [2.75, 3.05) is 0 Å². The number of aromatic hydroxyl groups is 1. The molecule has 3 N–H and O–H groups in total. The van der Waals surface area contributed by atoms with Crippen LogP contribution in [0.15, 0.2) is 64.3 Å². The lowest BCUT2D eigenvalue weighted by Crippen LogP contribution is -2.40. The van der Waals surface area contributed by atoms with Crippen LogP contribution in [0.5, 0.6) is 5.75 Å². The average Bonchev–Trinajstić information content (AvgIpc) is 2.81. The Balaban J connectivity index is 2.08. The van der Waals surface area contributed by atoms with Crippen LogP contribution < -0.4 is 17.0 Å². The monoisotopic (exact) mass is 484 g/mol. The normalized spacial score (nSPS) is 11.7. The van der Waals surface area contributed by atoms with E-state index in [1.165, 1.54) is 41.0 Å². The minimum atomic E-state index is -4.68. The van der Waals surface area contributed by atoms with Crippen molar-refractivity contribution in [3.63, 3.8) is 0 Å². The Labute approximate surface area is 195 Å². The van der Waals surface area contributed by atoms with Crippen LogP contribution in [-0.2, 0) is 19.3 Å². The van der Waals surface area contributed by atoms with Crippen molar-refractivity contribution in [3.8, 4) is 16.9 Å². The van der Waals surface area contributed by atoms with Gasteiger partial charge in [-0.15, -0.1) is 0 Å². The Morgan fingerprint density at radius 2 is 1.77 bits per heavy atom. The molecule has 4 aromatic rings. The topological polar surface area (TPSA) is 120 Å². The highest BCUT2D eigenvalue weighted by molar-refractivity contribution is 6.03. The highest BCUT2D eigenvalue weighted by Crippen LogP contribution is 2.33. The van der Waals surface area contributed by atoms with Crippen LogP contribution in [0.1, 0.15) is 28.5 Å². The molecule has 1 amide bonds. The third-order valence-corrected chi connectivity index (χ3v) is 5.62. The fraction of sp³-hybridized carbons (Fsp3) is 0.167. The Kier molecular flexibility index (Phi) is 5.93. The maximum Gasteiger partial charge on any atom is 0.416 e. The number of aromatic nitrogens is 3. The number of pyridine rings is 1. The van der Waals surface area contributed by atoms with E-state index in [1.54, 1.807) is 13.0 Å².